The van der Waals surface area contributed by atoms with Gasteiger partial charge in [0.1, 0.15) is 0 Å². The zero-order chi connectivity index (χ0) is 22.5. The van der Waals surface area contributed by atoms with E-state index in [1.54, 1.807) is 0 Å². The Kier molecular flexibility index (Phi) is 6.08. The maximum absolute atomic E-state index is 13.0. The Balaban J connectivity index is 2.03. The van der Waals surface area contributed by atoms with Crippen LogP contribution < -0.4 is 0 Å². The van der Waals surface area contributed by atoms with Gasteiger partial charge in [0.15, 0.2) is 5.09 Å². The van der Waals surface area contributed by atoms with Gasteiger partial charge in [-0.2, -0.15) is 0 Å². The molecule has 1 unspecified atom stereocenters. The van der Waals surface area contributed by atoms with Crippen molar-refractivity contribution in [2.75, 3.05) is 0 Å². The zero-order valence-corrected chi connectivity index (χ0v) is 21.3. The Bertz CT molecular complexity index is 1320. The van der Waals surface area contributed by atoms with Crippen LogP contribution in [0.1, 0.15) is 26.3 Å². The predicted molar refractivity (Wildman–Crippen MR) is 133 cm³/mol. The Hall–Kier alpha value is -1.66. The standard InChI is InChI=1S/C24H20BrCl2NO2S/c1-13-18-12-19(14-5-8-16(26)9-6-14)21(17-10-7-15(25)11-20(17)27)28-22(18)30-23(13)31(29)24(2,3)4/h5-12H,1-4H3. The fraction of sp³-hybridized carbons (Fsp3) is 0.208. The van der Waals surface area contributed by atoms with Crippen molar-refractivity contribution in [3.8, 4) is 22.4 Å². The summed E-state index contributed by atoms with van der Waals surface area (Å²) < 4.78 is 19.5. The highest BCUT2D eigenvalue weighted by Crippen LogP contribution is 2.40. The maximum atomic E-state index is 13.0. The third kappa shape index (κ3) is 4.34. The van der Waals surface area contributed by atoms with Crippen LogP contribution in [0.25, 0.3) is 33.5 Å². The highest BCUT2D eigenvalue weighted by atomic mass is 79.9. The number of hydrogen-bond donors (Lipinski definition) is 0. The number of benzene rings is 2. The summed E-state index contributed by atoms with van der Waals surface area (Å²) in [7, 11) is -1.31. The highest BCUT2D eigenvalue weighted by Gasteiger charge is 2.28. The van der Waals surface area contributed by atoms with Gasteiger partial charge >= 0.3 is 0 Å². The second kappa shape index (κ2) is 8.36. The lowest BCUT2D eigenvalue weighted by Crippen LogP contribution is -2.21. The second-order valence-corrected chi connectivity index (χ2v) is 12.2. The molecule has 2 aromatic heterocycles. The fourth-order valence-corrected chi connectivity index (χ4v) is 5.30. The van der Waals surface area contributed by atoms with Crippen LogP contribution in [0, 0.1) is 6.92 Å². The van der Waals surface area contributed by atoms with E-state index in [0.717, 1.165) is 32.1 Å². The molecule has 4 rings (SSSR count). The van der Waals surface area contributed by atoms with Crippen LogP contribution in [0.4, 0.5) is 0 Å². The molecule has 1 atom stereocenters. The fourth-order valence-electron chi connectivity index (χ4n) is 3.31. The van der Waals surface area contributed by atoms with Crippen LogP contribution in [-0.2, 0) is 10.8 Å². The molecular weight excluding hydrogens is 517 g/mol. The van der Waals surface area contributed by atoms with Gasteiger partial charge in [-0.15, -0.1) is 0 Å². The maximum Gasteiger partial charge on any atom is 0.228 e. The summed E-state index contributed by atoms with van der Waals surface area (Å²) in [6.07, 6.45) is 0. The number of furan rings is 1. The van der Waals surface area contributed by atoms with Gasteiger partial charge < -0.3 is 4.42 Å². The Morgan fingerprint density at radius 3 is 2.29 bits per heavy atom. The highest BCUT2D eigenvalue weighted by molar-refractivity contribution is 9.10. The lowest BCUT2D eigenvalue weighted by molar-refractivity contribution is 0.484. The summed E-state index contributed by atoms with van der Waals surface area (Å²) in [6.45, 7) is 7.70. The molecule has 0 aliphatic rings. The molecule has 3 nitrogen and oxygen atoms in total. The molecule has 0 amide bonds. The molecule has 0 saturated carbocycles. The number of halogens is 3. The monoisotopic (exact) mass is 535 g/mol. The molecule has 0 aliphatic carbocycles. The van der Waals surface area contributed by atoms with Crippen molar-refractivity contribution in [3.63, 3.8) is 0 Å². The molecule has 0 spiro atoms. The number of aromatic nitrogens is 1. The average molecular weight is 537 g/mol. The summed E-state index contributed by atoms with van der Waals surface area (Å²) in [4.78, 5) is 4.85. The lowest BCUT2D eigenvalue weighted by atomic mass is 9.98. The van der Waals surface area contributed by atoms with Crippen molar-refractivity contribution >= 4 is 61.0 Å². The Labute approximate surface area is 202 Å². The van der Waals surface area contributed by atoms with E-state index in [0.29, 0.717) is 26.5 Å². The number of pyridine rings is 1. The van der Waals surface area contributed by atoms with Crippen molar-refractivity contribution in [1.82, 2.24) is 4.98 Å². The molecule has 160 valence electrons. The minimum atomic E-state index is -1.31. The lowest BCUT2D eigenvalue weighted by Gasteiger charge is -2.15. The molecule has 7 heteroatoms. The van der Waals surface area contributed by atoms with Crippen LogP contribution in [-0.4, -0.2) is 13.9 Å². The first-order valence-electron chi connectivity index (χ1n) is 9.63. The van der Waals surface area contributed by atoms with E-state index < -0.39 is 15.5 Å². The van der Waals surface area contributed by atoms with E-state index in [1.807, 2.05) is 76.2 Å². The van der Waals surface area contributed by atoms with E-state index in [2.05, 4.69) is 15.9 Å². The van der Waals surface area contributed by atoms with Crippen molar-refractivity contribution < 1.29 is 8.63 Å². The van der Waals surface area contributed by atoms with Crippen LogP contribution in [0.15, 0.2) is 62.5 Å². The van der Waals surface area contributed by atoms with Gasteiger partial charge in [-0.25, -0.2) is 4.98 Å². The molecule has 2 heterocycles. The third-order valence-electron chi connectivity index (χ3n) is 4.95. The van der Waals surface area contributed by atoms with Crippen LogP contribution in [0.5, 0.6) is 0 Å². The van der Waals surface area contributed by atoms with E-state index >= 15 is 0 Å². The SMILES string of the molecule is Cc1c(S(=O)C(C)(C)C)oc2nc(-c3ccc(Br)cc3Cl)c(-c3ccc(Cl)cc3)cc12. The number of hydrogen-bond acceptors (Lipinski definition) is 3. The Morgan fingerprint density at radius 1 is 1.00 bits per heavy atom. The van der Waals surface area contributed by atoms with E-state index in [9.17, 15) is 4.21 Å². The van der Waals surface area contributed by atoms with Gasteiger partial charge in [-0.3, -0.25) is 4.21 Å². The van der Waals surface area contributed by atoms with Gasteiger partial charge in [0.2, 0.25) is 5.71 Å². The Morgan fingerprint density at radius 2 is 1.68 bits per heavy atom. The molecule has 2 aromatic carbocycles. The van der Waals surface area contributed by atoms with Gasteiger partial charge in [0.25, 0.3) is 0 Å². The minimum Gasteiger partial charge on any atom is -0.429 e. The first-order valence-corrected chi connectivity index (χ1v) is 12.3. The zero-order valence-electron chi connectivity index (χ0n) is 17.4. The molecule has 0 radical (unpaired) electrons. The van der Waals surface area contributed by atoms with Crippen molar-refractivity contribution in [1.29, 1.82) is 0 Å². The largest absolute Gasteiger partial charge is 0.429 e. The number of nitrogens with zero attached hydrogens (tertiary/aromatic N) is 1. The number of aryl methyl sites for hydroxylation is 1. The van der Waals surface area contributed by atoms with Crippen molar-refractivity contribution in [2.24, 2.45) is 0 Å². The number of fused-ring (bicyclic) bond motifs is 1. The smallest absolute Gasteiger partial charge is 0.228 e. The van der Waals surface area contributed by atoms with Crippen LogP contribution in [0.2, 0.25) is 10.0 Å². The summed E-state index contributed by atoms with van der Waals surface area (Å²) >= 11 is 16.1. The second-order valence-electron chi connectivity index (χ2n) is 8.26. The van der Waals surface area contributed by atoms with Crippen molar-refractivity contribution in [2.45, 2.75) is 37.5 Å². The van der Waals surface area contributed by atoms with E-state index in [1.165, 1.54) is 0 Å². The average Bonchev–Trinajstić information content (AvgIpc) is 3.02. The topological polar surface area (TPSA) is 43.1 Å². The molecular formula is C24H20BrCl2NO2S. The van der Waals surface area contributed by atoms with Crippen LogP contribution >= 0.6 is 39.1 Å². The summed E-state index contributed by atoms with van der Waals surface area (Å²) in [5.74, 6) is 0. The summed E-state index contributed by atoms with van der Waals surface area (Å²) in [5.41, 5.74) is 4.59. The molecule has 31 heavy (non-hydrogen) atoms. The molecule has 0 N–H and O–H groups in total. The molecule has 0 bridgehead atoms. The third-order valence-corrected chi connectivity index (χ3v) is 7.85. The summed E-state index contributed by atoms with van der Waals surface area (Å²) in [5, 5.41) is 2.51. The predicted octanol–water partition coefficient (Wildman–Crippen LogP) is 8.45. The number of rotatable bonds is 3. The molecule has 4 aromatic rings. The first kappa shape index (κ1) is 22.5. The van der Waals surface area contributed by atoms with Gasteiger partial charge in [-0.05, 0) is 63.6 Å². The summed E-state index contributed by atoms with van der Waals surface area (Å²) in [6, 6.07) is 15.3. The normalized spacial score (nSPS) is 13.0. The molecule has 0 fully saturated rings. The van der Waals surface area contributed by atoms with E-state index in [-0.39, 0.29) is 0 Å². The van der Waals surface area contributed by atoms with Crippen molar-refractivity contribution in [3.05, 3.63) is 68.6 Å². The van der Waals surface area contributed by atoms with Gasteiger partial charge in [0.05, 0.1) is 21.5 Å². The quantitative estimate of drug-likeness (QED) is 0.264. The van der Waals surface area contributed by atoms with E-state index in [4.69, 9.17) is 32.6 Å². The van der Waals surface area contributed by atoms with Gasteiger partial charge in [-0.1, -0.05) is 57.3 Å². The molecule has 0 saturated heterocycles. The van der Waals surface area contributed by atoms with Gasteiger partial charge in [0, 0.05) is 36.3 Å². The molecule has 0 aliphatic heterocycles. The first-order chi connectivity index (χ1) is 14.6. The minimum absolute atomic E-state index is 0.441. The van der Waals surface area contributed by atoms with Crippen LogP contribution in [0.3, 0.4) is 0 Å².